The third kappa shape index (κ3) is 4.03. The van der Waals surface area contributed by atoms with E-state index in [0.717, 1.165) is 11.3 Å². The number of hydrogen-bond donors (Lipinski definition) is 1. The summed E-state index contributed by atoms with van der Waals surface area (Å²) in [6.45, 7) is 2.89. The number of likely N-dealkylation sites (tertiary alicyclic amines) is 1. The van der Waals surface area contributed by atoms with Crippen molar-refractivity contribution in [3.63, 3.8) is 0 Å². The third-order valence-electron chi connectivity index (χ3n) is 6.59. The van der Waals surface area contributed by atoms with Gasteiger partial charge in [0, 0.05) is 5.69 Å². The summed E-state index contributed by atoms with van der Waals surface area (Å²) < 4.78 is 9.81. The van der Waals surface area contributed by atoms with Gasteiger partial charge in [-0.25, -0.2) is 9.59 Å². The Kier molecular flexibility index (Phi) is 6.05. The maximum Gasteiger partial charge on any atom is 0.337 e. The number of amides is 3. The van der Waals surface area contributed by atoms with Crippen LogP contribution in [0.15, 0.2) is 36.4 Å². The Bertz CT molecular complexity index is 1000. The number of fused-ring (bicyclic) bond motifs is 5. The Morgan fingerprint density at radius 2 is 1.61 bits per heavy atom. The number of imide groups is 1. The molecule has 5 atom stereocenters. The molecule has 0 unspecified atom stereocenters. The molecule has 0 aromatic heterocycles. The van der Waals surface area contributed by atoms with Crippen LogP contribution in [0.4, 0.5) is 5.69 Å². The number of allylic oxidation sites excluding steroid dienone is 2. The summed E-state index contributed by atoms with van der Waals surface area (Å²) in [7, 11) is 1.27. The van der Waals surface area contributed by atoms with Gasteiger partial charge >= 0.3 is 11.9 Å². The molecule has 1 aromatic rings. The molecule has 2 bridgehead atoms. The predicted molar refractivity (Wildman–Crippen MR) is 116 cm³/mol. The summed E-state index contributed by atoms with van der Waals surface area (Å²) in [5.74, 6) is -3.62. The number of carbonyl (C=O) groups excluding carboxylic acids is 5. The number of anilines is 1. The summed E-state index contributed by atoms with van der Waals surface area (Å²) in [4.78, 5) is 63.8. The molecule has 1 heterocycles. The molecule has 9 nitrogen and oxygen atoms in total. The lowest BCUT2D eigenvalue weighted by Crippen LogP contribution is -2.50. The summed E-state index contributed by atoms with van der Waals surface area (Å²) in [6.07, 6.45) is 4.79. The second-order valence-corrected chi connectivity index (χ2v) is 8.96. The largest absolute Gasteiger partial charge is 0.465 e. The summed E-state index contributed by atoms with van der Waals surface area (Å²) >= 11 is 0. The fourth-order valence-corrected chi connectivity index (χ4v) is 5.10. The minimum atomic E-state index is -1.08. The number of methoxy groups -OCH3 is 1. The number of nitrogens with one attached hydrogen (secondary N) is 1. The molecule has 0 radical (unpaired) electrons. The molecule has 1 saturated carbocycles. The van der Waals surface area contributed by atoms with Crippen LogP contribution in [0.2, 0.25) is 0 Å². The molecule has 33 heavy (non-hydrogen) atoms. The van der Waals surface area contributed by atoms with E-state index in [-0.39, 0.29) is 29.6 Å². The van der Waals surface area contributed by atoms with Crippen molar-refractivity contribution in [2.75, 3.05) is 19.0 Å². The van der Waals surface area contributed by atoms with Gasteiger partial charge < -0.3 is 14.8 Å². The van der Waals surface area contributed by atoms with Gasteiger partial charge in [0.05, 0.1) is 24.5 Å². The standard InChI is InChI=1S/C24H26N2O7/c1-12(2)20(26-21(28)18-14-4-5-15(10-14)19(18)22(26)29)24(31)33-11-17(27)25-16-8-6-13(7-9-16)23(30)32-3/h4-9,12,14-15,18-20H,10-11H2,1-3H3,(H,25,27)/t14-,15-,18+,19+,20-/m0/s1. The van der Waals surface area contributed by atoms with Gasteiger partial charge in [0.1, 0.15) is 6.04 Å². The first-order valence-electron chi connectivity index (χ1n) is 10.9. The molecule has 1 aliphatic heterocycles. The van der Waals surface area contributed by atoms with Gasteiger partial charge in [-0.2, -0.15) is 0 Å². The molecule has 1 aromatic carbocycles. The lowest BCUT2D eigenvalue weighted by atomic mass is 9.85. The van der Waals surface area contributed by atoms with E-state index in [1.165, 1.54) is 31.4 Å². The minimum Gasteiger partial charge on any atom is -0.465 e. The van der Waals surface area contributed by atoms with Crippen LogP contribution in [-0.2, 0) is 28.7 Å². The van der Waals surface area contributed by atoms with Crippen molar-refractivity contribution in [2.45, 2.75) is 26.3 Å². The van der Waals surface area contributed by atoms with E-state index in [1.54, 1.807) is 13.8 Å². The molecule has 3 amide bonds. The van der Waals surface area contributed by atoms with Crippen molar-refractivity contribution in [1.82, 2.24) is 4.90 Å². The minimum absolute atomic E-state index is 0.0432. The molecule has 174 valence electrons. The molecule has 1 N–H and O–H groups in total. The van der Waals surface area contributed by atoms with Gasteiger partial charge in [0.25, 0.3) is 5.91 Å². The monoisotopic (exact) mass is 454 g/mol. The molecular weight excluding hydrogens is 428 g/mol. The van der Waals surface area contributed by atoms with Gasteiger partial charge in [-0.05, 0) is 48.4 Å². The normalized spacial score (nSPS) is 25.9. The molecule has 9 heteroatoms. The topological polar surface area (TPSA) is 119 Å². The number of rotatable bonds is 7. The van der Waals surface area contributed by atoms with Crippen LogP contribution >= 0.6 is 0 Å². The van der Waals surface area contributed by atoms with Gasteiger partial charge in [-0.3, -0.25) is 19.3 Å². The van der Waals surface area contributed by atoms with Gasteiger partial charge in [-0.1, -0.05) is 26.0 Å². The summed E-state index contributed by atoms with van der Waals surface area (Å²) in [5, 5.41) is 2.56. The Morgan fingerprint density at radius 3 is 2.12 bits per heavy atom. The zero-order chi connectivity index (χ0) is 23.9. The van der Waals surface area contributed by atoms with E-state index in [4.69, 9.17) is 4.74 Å². The quantitative estimate of drug-likeness (QED) is 0.379. The highest BCUT2D eigenvalue weighted by atomic mass is 16.5. The van der Waals surface area contributed by atoms with Crippen LogP contribution in [0, 0.1) is 29.6 Å². The average molecular weight is 454 g/mol. The Hall–Kier alpha value is -3.49. The van der Waals surface area contributed by atoms with Crippen molar-refractivity contribution in [2.24, 2.45) is 29.6 Å². The molecule has 2 aliphatic carbocycles. The van der Waals surface area contributed by atoms with Gasteiger partial charge in [0.15, 0.2) is 6.61 Å². The fraction of sp³-hybridized carbons (Fsp3) is 0.458. The van der Waals surface area contributed by atoms with Crippen molar-refractivity contribution >= 4 is 35.3 Å². The number of hydrogen-bond acceptors (Lipinski definition) is 7. The van der Waals surface area contributed by atoms with Crippen LogP contribution in [0.1, 0.15) is 30.6 Å². The molecule has 1 saturated heterocycles. The number of nitrogens with zero attached hydrogens (tertiary/aromatic N) is 1. The Balaban J connectivity index is 1.37. The highest BCUT2D eigenvalue weighted by Gasteiger charge is 2.61. The maximum absolute atomic E-state index is 13.1. The number of carbonyl (C=O) groups is 5. The van der Waals surface area contributed by atoms with E-state index >= 15 is 0 Å². The van der Waals surface area contributed by atoms with E-state index < -0.39 is 42.3 Å². The summed E-state index contributed by atoms with van der Waals surface area (Å²) in [6, 6.07) is 4.94. The third-order valence-corrected chi connectivity index (χ3v) is 6.59. The van der Waals surface area contributed by atoms with Crippen molar-refractivity contribution in [3.05, 3.63) is 42.0 Å². The molecule has 3 aliphatic rings. The molecule has 2 fully saturated rings. The smallest absolute Gasteiger partial charge is 0.337 e. The van der Waals surface area contributed by atoms with Crippen LogP contribution in [0.3, 0.4) is 0 Å². The predicted octanol–water partition coefficient (Wildman–Crippen LogP) is 1.79. The lowest BCUT2D eigenvalue weighted by molar-refractivity contribution is -0.162. The summed E-state index contributed by atoms with van der Waals surface area (Å²) in [5.41, 5.74) is 0.736. The first kappa shape index (κ1) is 22.7. The average Bonchev–Trinajstić information content (AvgIpc) is 3.47. The van der Waals surface area contributed by atoms with E-state index in [9.17, 15) is 24.0 Å². The van der Waals surface area contributed by atoms with Crippen molar-refractivity contribution in [1.29, 1.82) is 0 Å². The molecule has 4 rings (SSSR count). The Labute approximate surface area is 191 Å². The van der Waals surface area contributed by atoms with Crippen LogP contribution in [0.5, 0.6) is 0 Å². The van der Waals surface area contributed by atoms with Crippen LogP contribution < -0.4 is 5.32 Å². The van der Waals surface area contributed by atoms with Crippen molar-refractivity contribution < 1.29 is 33.4 Å². The fourth-order valence-electron chi connectivity index (χ4n) is 5.10. The highest BCUT2D eigenvalue weighted by Crippen LogP contribution is 2.53. The van der Waals surface area contributed by atoms with Crippen LogP contribution in [0.25, 0.3) is 0 Å². The van der Waals surface area contributed by atoms with E-state index in [1.807, 2.05) is 12.2 Å². The second-order valence-electron chi connectivity index (χ2n) is 8.96. The molecular formula is C24H26N2O7. The van der Waals surface area contributed by atoms with E-state index in [2.05, 4.69) is 10.1 Å². The maximum atomic E-state index is 13.1. The zero-order valence-corrected chi connectivity index (χ0v) is 18.6. The second kappa shape index (κ2) is 8.80. The SMILES string of the molecule is COC(=O)c1ccc(NC(=O)COC(=O)[C@H](C(C)C)N2C(=O)[C@H]3[C@H](C2=O)[C@H]2C=C[C@H]3C2)cc1. The number of benzene rings is 1. The lowest BCUT2D eigenvalue weighted by Gasteiger charge is -2.28. The first-order valence-corrected chi connectivity index (χ1v) is 10.9. The zero-order valence-electron chi connectivity index (χ0n) is 18.6. The number of esters is 2. The van der Waals surface area contributed by atoms with Crippen LogP contribution in [-0.4, -0.2) is 54.3 Å². The van der Waals surface area contributed by atoms with Crippen molar-refractivity contribution in [3.8, 4) is 0 Å². The van der Waals surface area contributed by atoms with Gasteiger partial charge in [-0.15, -0.1) is 0 Å². The van der Waals surface area contributed by atoms with E-state index in [0.29, 0.717) is 11.3 Å². The first-order chi connectivity index (χ1) is 15.7. The Morgan fingerprint density at radius 1 is 1.03 bits per heavy atom. The highest BCUT2D eigenvalue weighted by molar-refractivity contribution is 6.09. The molecule has 0 spiro atoms. The number of ether oxygens (including phenoxy) is 2. The van der Waals surface area contributed by atoms with Gasteiger partial charge in [0.2, 0.25) is 11.8 Å².